The van der Waals surface area contributed by atoms with Crippen LogP contribution in [-0.4, -0.2) is 27.1 Å². The van der Waals surface area contributed by atoms with Crippen LogP contribution in [0.5, 0.6) is 5.75 Å². The second-order valence-corrected chi connectivity index (χ2v) is 8.98. The van der Waals surface area contributed by atoms with Gasteiger partial charge in [-0.05, 0) is 96.7 Å². The van der Waals surface area contributed by atoms with E-state index >= 15 is 0 Å². The van der Waals surface area contributed by atoms with Crippen molar-refractivity contribution in [2.24, 2.45) is 17.8 Å². The maximum absolute atomic E-state index is 6.19. The van der Waals surface area contributed by atoms with Crippen LogP contribution in [0.15, 0.2) is 30.3 Å². The fourth-order valence-electron chi connectivity index (χ4n) is 6.44. The van der Waals surface area contributed by atoms with Crippen LogP contribution in [-0.2, 0) is 14.9 Å². The van der Waals surface area contributed by atoms with E-state index < -0.39 is 0 Å². The van der Waals surface area contributed by atoms with Crippen molar-refractivity contribution in [3.8, 4) is 5.75 Å². The largest absolute Gasteiger partial charge is 0.467 e. The summed E-state index contributed by atoms with van der Waals surface area (Å²) in [5.41, 5.74) is 1.73. The molecule has 0 heterocycles. The normalized spacial score (nSPS) is 31.5. The molecule has 27 heavy (non-hydrogen) atoms. The SMILES string of the molecule is COCCOCOc1cc2cc[c]cc2cc1C12CC3CC(CC(C3)C1)C2. The van der Waals surface area contributed by atoms with E-state index in [1.54, 1.807) is 7.11 Å². The van der Waals surface area contributed by atoms with Gasteiger partial charge in [0, 0.05) is 12.7 Å². The van der Waals surface area contributed by atoms with Crippen LogP contribution in [0.25, 0.3) is 10.8 Å². The van der Waals surface area contributed by atoms with Crippen LogP contribution in [0.1, 0.15) is 44.1 Å². The van der Waals surface area contributed by atoms with Crippen LogP contribution in [0.3, 0.4) is 0 Å². The zero-order valence-corrected chi connectivity index (χ0v) is 16.2. The molecule has 0 aliphatic heterocycles. The van der Waals surface area contributed by atoms with E-state index in [0.29, 0.717) is 18.6 Å². The summed E-state index contributed by atoms with van der Waals surface area (Å²) in [4.78, 5) is 0. The lowest BCUT2D eigenvalue weighted by Gasteiger charge is -2.57. The van der Waals surface area contributed by atoms with Gasteiger partial charge in [-0.15, -0.1) is 0 Å². The third kappa shape index (κ3) is 3.25. The maximum Gasteiger partial charge on any atom is 0.189 e. The van der Waals surface area contributed by atoms with Crippen LogP contribution in [0, 0.1) is 23.8 Å². The van der Waals surface area contributed by atoms with Gasteiger partial charge in [-0.25, -0.2) is 0 Å². The first-order valence-corrected chi connectivity index (χ1v) is 10.4. The molecule has 3 nitrogen and oxygen atoms in total. The van der Waals surface area contributed by atoms with E-state index in [1.165, 1.54) is 54.9 Å². The van der Waals surface area contributed by atoms with Crippen LogP contribution in [0.2, 0.25) is 0 Å². The second-order valence-electron chi connectivity index (χ2n) is 8.98. The van der Waals surface area contributed by atoms with Gasteiger partial charge in [0.1, 0.15) is 5.75 Å². The van der Waals surface area contributed by atoms with Crippen molar-refractivity contribution in [1.29, 1.82) is 0 Å². The number of benzene rings is 2. The average molecular weight is 365 g/mol. The monoisotopic (exact) mass is 365 g/mol. The molecule has 0 atom stereocenters. The van der Waals surface area contributed by atoms with E-state index in [-0.39, 0.29) is 6.79 Å². The zero-order chi connectivity index (χ0) is 18.3. The van der Waals surface area contributed by atoms with Gasteiger partial charge in [-0.3, -0.25) is 0 Å². The quantitative estimate of drug-likeness (QED) is 0.504. The molecule has 2 aromatic rings. The summed E-state index contributed by atoms with van der Waals surface area (Å²) >= 11 is 0. The smallest absolute Gasteiger partial charge is 0.189 e. The van der Waals surface area contributed by atoms with Crippen molar-refractivity contribution in [2.75, 3.05) is 27.1 Å². The number of ether oxygens (including phenoxy) is 3. The van der Waals surface area contributed by atoms with Crippen LogP contribution in [0.4, 0.5) is 0 Å². The van der Waals surface area contributed by atoms with Gasteiger partial charge >= 0.3 is 0 Å². The molecule has 2 aromatic carbocycles. The Labute approximate surface area is 162 Å². The van der Waals surface area contributed by atoms with Crippen molar-refractivity contribution in [3.05, 3.63) is 42.0 Å². The van der Waals surface area contributed by atoms with E-state index in [1.807, 2.05) is 6.07 Å². The van der Waals surface area contributed by atoms with E-state index in [4.69, 9.17) is 14.2 Å². The fourth-order valence-corrected chi connectivity index (χ4v) is 6.44. The van der Waals surface area contributed by atoms with Gasteiger partial charge in [-0.1, -0.05) is 12.1 Å². The van der Waals surface area contributed by atoms with Crippen LogP contribution >= 0.6 is 0 Å². The highest BCUT2D eigenvalue weighted by Crippen LogP contribution is 2.62. The Balaban J connectivity index is 1.49. The average Bonchev–Trinajstić information content (AvgIpc) is 2.66. The van der Waals surface area contributed by atoms with Crippen molar-refractivity contribution < 1.29 is 14.2 Å². The molecule has 4 fully saturated rings. The van der Waals surface area contributed by atoms with Gasteiger partial charge in [0.15, 0.2) is 6.79 Å². The highest BCUT2D eigenvalue weighted by Gasteiger charge is 2.52. The maximum atomic E-state index is 6.19. The van der Waals surface area contributed by atoms with Gasteiger partial charge in [0.2, 0.25) is 0 Å². The summed E-state index contributed by atoms with van der Waals surface area (Å²) in [6.07, 6.45) is 8.37. The summed E-state index contributed by atoms with van der Waals surface area (Å²) in [6.45, 7) is 1.44. The Morgan fingerprint density at radius 1 is 1.00 bits per heavy atom. The summed E-state index contributed by atoms with van der Waals surface area (Å²) in [5, 5.41) is 2.49. The van der Waals surface area contributed by atoms with E-state index in [0.717, 1.165) is 23.5 Å². The molecule has 0 spiro atoms. The standard InChI is InChI=1S/C24H29O3/c1-25-6-7-26-16-27-23-12-21-5-3-2-4-20(21)11-22(23)24-13-17-8-18(14-24)10-19(9-17)15-24/h3-5,11-12,17-19H,6-10,13-16H2,1H3. The molecule has 0 N–H and O–H groups in total. The molecule has 4 saturated carbocycles. The Hall–Kier alpha value is -1.58. The highest BCUT2D eigenvalue weighted by atomic mass is 16.7. The molecule has 0 aromatic heterocycles. The minimum atomic E-state index is 0.285. The zero-order valence-electron chi connectivity index (χ0n) is 16.2. The first-order chi connectivity index (χ1) is 13.3. The molecule has 143 valence electrons. The fraction of sp³-hybridized carbons (Fsp3) is 0.583. The lowest BCUT2D eigenvalue weighted by Crippen LogP contribution is -2.48. The molecule has 4 bridgehead atoms. The molecule has 0 amide bonds. The third-order valence-electron chi connectivity index (χ3n) is 7.12. The first kappa shape index (κ1) is 17.5. The van der Waals surface area contributed by atoms with Gasteiger partial charge in [0.25, 0.3) is 0 Å². The molecule has 1 radical (unpaired) electrons. The first-order valence-electron chi connectivity index (χ1n) is 10.4. The van der Waals surface area contributed by atoms with E-state index in [2.05, 4.69) is 30.3 Å². The summed E-state index contributed by atoms with van der Waals surface area (Å²) in [6, 6.07) is 14.1. The molecule has 0 saturated heterocycles. The van der Waals surface area contributed by atoms with Gasteiger partial charge in [0.05, 0.1) is 13.2 Å². The van der Waals surface area contributed by atoms with Crippen molar-refractivity contribution in [1.82, 2.24) is 0 Å². The van der Waals surface area contributed by atoms with Crippen molar-refractivity contribution >= 4 is 10.8 Å². The van der Waals surface area contributed by atoms with Gasteiger partial charge in [-0.2, -0.15) is 0 Å². The molecule has 4 aliphatic carbocycles. The molecular formula is C24H29O3. The number of fused-ring (bicyclic) bond motifs is 1. The number of methoxy groups -OCH3 is 1. The van der Waals surface area contributed by atoms with Crippen molar-refractivity contribution in [3.63, 3.8) is 0 Å². The molecular weight excluding hydrogens is 336 g/mol. The lowest BCUT2D eigenvalue weighted by atomic mass is 9.48. The molecule has 6 rings (SSSR count). The highest BCUT2D eigenvalue weighted by molar-refractivity contribution is 5.85. The third-order valence-corrected chi connectivity index (χ3v) is 7.12. The van der Waals surface area contributed by atoms with E-state index in [9.17, 15) is 0 Å². The van der Waals surface area contributed by atoms with Gasteiger partial charge < -0.3 is 14.2 Å². The second kappa shape index (κ2) is 7.10. The summed E-state index contributed by atoms with van der Waals surface area (Å²) < 4.78 is 16.9. The Morgan fingerprint density at radius 2 is 1.74 bits per heavy atom. The Bertz CT molecular complexity index is 777. The molecule has 4 aliphatic rings. The number of rotatable bonds is 7. The lowest BCUT2D eigenvalue weighted by molar-refractivity contribution is -0.0188. The number of hydrogen-bond acceptors (Lipinski definition) is 3. The Morgan fingerprint density at radius 3 is 2.44 bits per heavy atom. The van der Waals surface area contributed by atoms with Crippen LogP contribution < -0.4 is 4.74 Å². The summed E-state index contributed by atoms with van der Waals surface area (Å²) in [7, 11) is 1.69. The minimum absolute atomic E-state index is 0.285. The topological polar surface area (TPSA) is 27.7 Å². The molecule has 0 unspecified atom stereocenters. The molecule has 3 heteroatoms. The summed E-state index contributed by atoms with van der Waals surface area (Å²) in [5.74, 6) is 3.77. The number of hydrogen-bond donors (Lipinski definition) is 0. The Kier molecular flexibility index (Phi) is 4.61. The van der Waals surface area contributed by atoms with Crippen molar-refractivity contribution in [2.45, 2.75) is 43.9 Å². The minimum Gasteiger partial charge on any atom is -0.467 e. The predicted molar refractivity (Wildman–Crippen MR) is 106 cm³/mol. The predicted octanol–water partition coefficient (Wildman–Crippen LogP) is 5.11.